The van der Waals surface area contributed by atoms with E-state index in [9.17, 15) is 9.59 Å². The summed E-state index contributed by atoms with van der Waals surface area (Å²) in [6.45, 7) is 6.38. The summed E-state index contributed by atoms with van der Waals surface area (Å²) in [5.74, 6) is 1.26. The van der Waals surface area contributed by atoms with E-state index in [0.29, 0.717) is 49.9 Å². The number of furan rings is 1. The summed E-state index contributed by atoms with van der Waals surface area (Å²) in [4.78, 5) is 36.1. The molecule has 8 nitrogen and oxygen atoms in total. The average molecular weight is 374 g/mol. The van der Waals surface area contributed by atoms with Crippen molar-refractivity contribution < 1.29 is 13.9 Å². The third-order valence-corrected chi connectivity index (χ3v) is 5.04. The Labute approximate surface area is 158 Å². The van der Waals surface area contributed by atoms with Gasteiger partial charge in [-0.2, -0.15) is 0 Å². The van der Waals surface area contributed by atoms with Gasteiger partial charge in [0.25, 0.3) is 5.56 Å². The van der Waals surface area contributed by atoms with Crippen molar-refractivity contribution in [1.29, 1.82) is 0 Å². The van der Waals surface area contributed by atoms with Crippen LogP contribution in [0.3, 0.4) is 0 Å². The Morgan fingerprint density at radius 3 is 2.78 bits per heavy atom. The SMILES string of the molecule is Cc1nc(N2CCOCC2)[nH]c(=O)c1CCC(=O)N(C)C(C)c1ccco1. The van der Waals surface area contributed by atoms with Gasteiger partial charge in [-0.25, -0.2) is 4.98 Å². The first-order valence-electron chi connectivity index (χ1n) is 9.19. The number of hydrogen-bond acceptors (Lipinski definition) is 6. The van der Waals surface area contributed by atoms with E-state index in [-0.39, 0.29) is 23.9 Å². The summed E-state index contributed by atoms with van der Waals surface area (Å²) < 4.78 is 10.7. The van der Waals surface area contributed by atoms with Crippen molar-refractivity contribution in [2.24, 2.45) is 0 Å². The van der Waals surface area contributed by atoms with Crippen molar-refractivity contribution in [2.45, 2.75) is 32.7 Å². The van der Waals surface area contributed by atoms with Crippen molar-refractivity contribution in [1.82, 2.24) is 14.9 Å². The second-order valence-electron chi connectivity index (χ2n) is 6.75. The van der Waals surface area contributed by atoms with Crippen LogP contribution < -0.4 is 10.5 Å². The lowest BCUT2D eigenvalue weighted by atomic mass is 10.1. The van der Waals surface area contributed by atoms with Crippen molar-refractivity contribution in [2.75, 3.05) is 38.3 Å². The number of H-pyrrole nitrogens is 1. The molecule has 0 aliphatic carbocycles. The van der Waals surface area contributed by atoms with Gasteiger partial charge >= 0.3 is 0 Å². The smallest absolute Gasteiger partial charge is 0.255 e. The third-order valence-electron chi connectivity index (χ3n) is 5.04. The largest absolute Gasteiger partial charge is 0.467 e. The number of carbonyl (C=O) groups excluding carboxylic acids is 1. The predicted octanol–water partition coefficient (Wildman–Crippen LogP) is 1.66. The number of aromatic nitrogens is 2. The molecule has 2 aromatic heterocycles. The number of aryl methyl sites for hydroxylation is 1. The van der Waals surface area contributed by atoms with Crippen LogP contribution in [0.15, 0.2) is 27.6 Å². The minimum absolute atomic E-state index is 0.0463. The van der Waals surface area contributed by atoms with Crippen LogP contribution in [-0.4, -0.2) is 54.1 Å². The van der Waals surface area contributed by atoms with Crippen molar-refractivity contribution >= 4 is 11.9 Å². The minimum atomic E-state index is -0.182. The van der Waals surface area contributed by atoms with Gasteiger partial charge in [0, 0.05) is 37.8 Å². The fraction of sp³-hybridized carbons (Fsp3) is 0.526. The maximum Gasteiger partial charge on any atom is 0.255 e. The Balaban J connectivity index is 1.65. The number of anilines is 1. The third kappa shape index (κ3) is 4.39. The lowest BCUT2D eigenvalue weighted by Gasteiger charge is -2.27. The molecule has 0 aromatic carbocycles. The van der Waals surface area contributed by atoms with Crippen LogP contribution >= 0.6 is 0 Å². The second-order valence-corrected chi connectivity index (χ2v) is 6.75. The molecule has 1 aliphatic rings. The van der Waals surface area contributed by atoms with Gasteiger partial charge in [0.1, 0.15) is 5.76 Å². The zero-order chi connectivity index (χ0) is 19.4. The summed E-state index contributed by atoms with van der Waals surface area (Å²) in [5.41, 5.74) is 1.03. The summed E-state index contributed by atoms with van der Waals surface area (Å²) in [5, 5.41) is 0. The maximum atomic E-state index is 12.5. The molecule has 0 spiro atoms. The molecule has 1 aliphatic heterocycles. The fourth-order valence-electron chi connectivity index (χ4n) is 3.16. The van der Waals surface area contributed by atoms with E-state index in [0.717, 1.165) is 5.76 Å². The van der Waals surface area contributed by atoms with Crippen LogP contribution in [0.4, 0.5) is 5.95 Å². The van der Waals surface area contributed by atoms with Gasteiger partial charge in [-0.3, -0.25) is 14.6 Å². The first-order valence-corrected chi connectivity index (χ1v) is 9.19. The number of nitrogens with one attached hydrogen (secondary N) is 1. The Bertz CT molecular complexity index is 825. The maximum absolute atomic E-state index is 12.5. The zero-order valence-electron chi connectivity index (χ0n) is 16.0. The molecule has 1 fully saturated rings. The van der Waals surface area contributed by atoms with Gasteiger partial charge in [0.15, 0.2) is 0 Å². The lowest BCUT2D eigenvalue weighted by Crippen LogP contribution is -2.38. The first kappa shape index (κ1) is 19.2. The average Bonchev–Trinajstić information content (AvgIpc) is 3.21. The number of amides is 1. The molecule has 1 unspecified atom stereocenters. The Kier molecular flexibility index (Phi) is 5.95. The highest BCUT2D eigenvalue weighted by Crippen LogP contribution is 2.20. The number of ether oxygens (including phenoxy) is 1. The normalized spacial score (nSPS) is 15.6. The minimum Gasteiger partial charge on any atom is -0.467 e. The quantitative estimate of drug-likeness (QED) is 0.827. The highest BCUT2D eigenvalue weighted by Gasteiger charge is 2.21. The van der Waals surface area contributed by atoms with Gasteiger partial charge in [-0.15, -0.1) is 0 Å². The van der Waals surface area contributed by atoms with Crippen LogP contribution in [0, 0.1) is 6.92 Å². The van der Waals surface area contributed by atoms with Gasteiger partial charge in [-0.05, 0) is 32.4 Å². The Morgan fingerprint density at radius 1 is 1.41 bits per heavy atom. The monoisotopic (exact) mass is 374 g/mol. The molecule has 3 heterocycles. The number of aromatic amines is 1. The molecule has 2 aromatic rings. The van der Waals surface area contributed by atoms with Gasteiger partial charge < -0.3 is 19.0 Å². The molecule has 0 saturated carbocycles. The van der Waals surface area contributed by atoms with Crippen LogP contribution in [0.2, 0.25) is 0 Å². The molecular formula is C19H26N4O4. The molecular weight excluding hydrogens is 348 g/mol. The number of nitrogens with zero attached hydrogens (tertiary/aromatic N) is 3. The van der Waals surface area contributed by atoms with Crippen LogP contribution in [0.5, 0.6) is 0 Å². The molecule has 1 N–H and O–H groups in total. The number of carbonyl (C=O) groups is 1. The molecule has 0 bridgehead atoms. The molecule has 3 rings (SSSR count). The molecule has 146 valence electrons. The second kappa shape index (κ2) is 8.39. The van der Waals surface area contributed by atoms with Crippen molar-refractivity contribution in [3.05, 3.63) is 45.8 Å². The topological polar surface area (TPSA) is 91.7 Å². The van der Waals surface area contributed by atoms with Crippen LogP contribution in [-0.2, 0) is 16.0 Å². The van der Waals surface area contributed by atoms with E-state index >= 15 is 0 Å². The Hall–Kier alpha value is -2.61. The van der Waals surface area contributed by atoms with Crippen molar-refractivity contribution in [3.63, 3.8) is 0 Å². The van der Waals surface area contributed by atoms with E-state index < -0.39 is 0 Å². The Morgan fingerprint density at radius 2 is 2.15 bits per heavy atom. The summed E-state index contributed by atoms with van der Waals surface area (Å²) in [6.07, 6.45) is 2.18. The van der Waals surface area contributed by atoms with E-state index in [1.54, 1.807) is 24.3 Å². The standard InChI is InChI=1S/C19H26N4O4/c1-13-15(18(25)21-19(20-13)23-8-11-26-12-9-23)6-7-17(24)22(3)14(2)16-5-4-10-27-16/h4-5,10,14H,6-9,11-12H2,1-3H3,(H,20,21,25). The van der Waals surface area contributed by atoms with E-state index in [2.05, 4.69) is 9.97 Å². The lowest BCUT2D eigenvalue weighted by molar-refractivity contribution is -0.132. The first-order chi connectivity index (χ1) is 13.0. The van der Waals surface area contributed by atoms with Gasteiger partial charge in [-0.1, -0.05) is 0 Å². The molecule has 8 heteroatoms. The van der Waals surface area contributed by atoms with E-state index in [1.807, 2.05) is 24.8 Å². The predicted molar refractivity (Wildman–Crippen MR) is 101 cm³/mol. The number of morpholine rings is 1. The van der Waals surface area contributed by atoms with Crippen molar-refractivity contribution in [3.8, 4) is 0 Å². The number of hydrogen-bond donors (Lipinski definition) is 1. The zero-order valence-corrected chi connectivity index (χ0v) is 16.0. The van der Waals surface area contributed by atoms with E-state index in [4.69, 9.17) is 9.15 Å². The molecule has 27 heavy (non-hydrogen) atoms. The van der Waals surface area contributed by atoms with E-state index in [1.165, 1.54) is 0 Å². The highest BCUT2D eigenvalue weighted by atomic mass is 16.5. The van der Waals surface area contributed by atoms with Gasteiger partial charge in [0.05, 0.1) is 25.5 Å². The molecule has 0 radical (unpaired) electrons. The summed E-state index contributed by atoms with van der Waals surface area (Å²) in [6, 6.07) is 3.49. The molecule has 1 amide bonds. The summed E-state index contributed by atoms with van der Waals surface area (Å²) >= 11 is 0. The fourth-order valence-corrected chi connectivity index (χ4v) is 3.16. The van der Waals surface area contributed by atoms with Crippen LogP contribution in [0.1, 0.15) is 36.4 Å². The highest BCUT2D eigenvalue weighted by molar-refractivity contribution is 5.76. The van der Waals surface area contributed by atoms with Gasteiger partial charge in [0.2, 0.25) is 11.9 Å². The van der Waals surface area contributed by atoms with Crippen LogP contribution in [0.25, 0.3) is 0 Å². The summed E-state index contributed by atoms with van der Waals surface area (Å²) in [7, 11) is 1.74. The number of rotatable bonds is 6. The molecule has 1 atom stereocenters. The molecule has 1 saturated heterocycles.